The van der Waals surface area contributed by atoms with Gasteiger partial charge in [-0.05, 0) is 37.9 Å². The predicted octanol–water partition coefficient (Wildman–Crippen LogP) is 2.19. The third kappa shape index (κ3) is 2.69. The summed E-state index contributed by atoms with van der Waals surface area (Å²) in [6, 6.07) is 8.12. The number of hydrogen-bond donors (Lipinski definition) is 2. The average molecular weight is 269 g/mol. The van der Waals surface area contributed by atoms with Crippen LogP contribution in [0.25, 0.3) is 0 Å². The van der Waals surface area contributed by atoms with Gasteiger partial charge in [-0.25, -0.2) is 0 Å². The number of halogens is 1. The van der Waals surface area contributed by atoms with Crippen molar-refractivity contribution in [3.8, 4) is 0 Å². The van der Waals surface area contributed by atoms with Gasteiger partial charge in [0.25, 0.3) is 0 Å². The van der Waals surface area contributed by atoms with Gasteiger partial charge in [0.2, 0.25) is 0 Å². The second kappa shape index (κ2) is 6.02. The van der Waals surface area contributed by atoms with Gasteiger partial charge in [-0.1, -0.05) is 29.8 Å². The summed E-state index contributed by atoms with van der Waals surface area (Å²) in [5.74, 6) is 0. The lowest BCUT2D eigenvalue weighted by molar-refractivity contribution is 0.108. The Labute approximate surface area is 114 Å². The van der Waals surface area contributed by atoms with Crippen molar-refractivity contribution in [3.63, 3.8) is 0 Å². The highest BCUT2D eigenvalue weighted by Crippen LogP contribution is 2.34. The van der Waals surface area contributed by atoms with E-state index in [-0.39, 0.29) is 24.7 Å². The molecule has 0 radical (unpaired) electrons. The zero-order valence-corrected chi connectivity index (χ0v) is 11.5. The maximum atomic E-state index is 9.47. The average Bonchev–Trinajstić information content (AvgIpc) is 2.79. The van der Waals surface area contributed by atoms with Crippen LogP contribution in [0.4, 0.5) is 0 Å². The standard InChI is InChI=1S/C14H21ClN2O/c1-10(16)14(12-6-2-3-7-13(12)15)17-8-4-5-11(17)9-18/h2-3,6-7,10-11,14,18H,4-5,8-9,16H2,1H3. The molecule has 0 saturated carbocycles. The molecule has 18 heavy (non-hydrogen) atoms. The smallest absolute Gasteiger partial charge is 0.0587 e. The van der Waals surface area contributed by atoms with Gasteiger partial charge in [0.1, 0.15) is 0 Å². The molecule has 0 spiro atoms. The van der Waals surface area contributed by atoms with Gasteiger partial charge in [0.15, 0.2) is 0 Å². The lowest BCUT2D eigenvalue weighted by Crippen LogP contribution is -2.43. The molecular formula is C14H21ClN2O. The molecule has 0 bridgehead atoms. The number of benzene rings is 1. The van der Waals surface area contributed by atoms with Gasteiger partial charge in [-0.3, -0.25) is 4.90 Å². The molecule has 1 aliphatic heterocycles. The summed E-state index contributed by atoms with van der Waals surface area (Å²) in [6.07, 6.45) is 2.14. The fraction of sp³-hybridized carbons (Fsp3) is 0.571. The van der Waals surface area contributed by atoms with Gasteiger partial charge < -0.3 is 10.8 Å². The molecule has 3 nitrogen and oxygen atoms in total. The minimum atomic E-state index is -0.0166. The first-order valence-electron chi connectivity index (χ1n) is 6.51. The van der Waals surface area contributed by atoms with E-state index in [1.54, 1.807) is 0 Å². The van der Waals surface area contributed by atoms with Crippen molar-refractivity contribution in [3.05, 3.63) is 34.9 Å². The second-order valence-electron chi connectivity index (χ2n) is 5.04. The van der Waals surface area contributed by atoms with Crippen molar-refractivity contribution in [2.45, 2.75) is 37.9 Å². The molecule has 1 heterocycles. The normalized spacial score (nSPS) is 24.1. The third-order valence-corrected chi connectivity index (χ3v) is 4.06. The molecule has 4 heteroatoms. The van der Waals surface area contributed by atoms with Gasteiger partial charge in [-0.2, -0.15) is 0 Å². The Kier molecular flexibility index (Phi) is 4.62. The molecule has 3 atom stereocenters. The van der Waals surface area contributed by atoms with Crippen molar-refractivity contribution in [2.24, 2.45) is 5.73 Å². The third-order valence-electron chi connectivity index (χ3n) is 3.71. The molecule has 1 fully saturated rings. The fourth-order valence-corrected chi connectivity index (χ4v) is 3.15. The second-order valence-corrected chi connectivity index (χ2v) is 5.45. The number of aliphatic hydroxyl groups is 1. The summed E-state index contributed by atoms with van der Waals surface area (Å²) in [5.41, 5.74) is 7.22. The maximum absolute atomic E-state index is 9.47. The Morgan fingerprint density at radius 1 is 1.50 bits per heavy atom. The van der Waals surface area contributed by atoms with Crippen molar-refractivity contribution in [1.82, 2.24) is 4.90 Å². The Morgan fingerprint density at radius 3 is 2.83 bits per heavy atom. The molecule has 1 aromatic carbocycles. The zero-order valence-electron chi connectivity index (χ0n) is 10.7. The minimum Gasteiger partial charge on any atom is -0.395 e. The fourth-order valence-electron chi connectivity index (χ4n) is 2.90. The quantitative estimate of drug-likeness (QED) is 0.880. The van der Waals surface area contributed by atoms with Gasteiger partial charge in [0.05, 0.1) is 12.6 Å². The van der Waals surface area contributed by atoms with Crippen LogP contribution in [0.15, 0.2) is 24.3 Å². The Hall–Kier alpha value is -0.610. The zero-order chi connectivity index (χ0) is 13.1. The van der Waals surface area contributed by atoms with Crippen LogP contribution in [0.3, 0.4) is 0 Å². The predicted molar refractivity (Wildman–Crippen MR) is 74.7 cm³/mol. The number of hydrogen-bond acceptors (Lipinski definition) is 3. The van der Waals surface area contributed by atoms with Crippen molar-refractivity contribution >= 4 is 11.6 Å². The molecule has 1 aromatic rings. The summed E-state index contributed by atoms with van der Waals surface area (Å²) in [7, 11) is 0. The first kappa shape index (κ1) is 13.8. The van der Waals surface area contributed by atoms with Gasteiger partial charge in [0, 0.05) is 17.1 Å². The Bertz CT molecular complexity index is 397. The lowest BCUT2D eigenvalue weighted by Gasteiger charge is -2.35. The number of nitrogens with two attached hydrogens (primary N) is 1. The molecule has 0 aromatic heterocycles. The summed E-state index contributed by atoms with van der Waals surface area (Å²) in [5, 5.41) is 10.2. The van der Waals surface area contributed by atoms with Gasteiger partial charge >= 0.3 is 0 Å². The molecule has 3 N–H and O–H groups in total. The highest BCUT2D eigenvalue weighted by molar-refractivity contribution is 6.31. The Morgan fingerprint density at radius 2 is 2.22 bits per heavy atom. The van der Waals surface area contributed by atoms with E-state index < -0.39 is 0 Å². The molecule has 100 valence electrons. The van der Waals surface area contributed by atoms with Crippen molar-refractivity contribution in [2.75, 3.05) is 13.2 Å². The number of aliphatic hydroxyl groups excluding tert-OH is 1. The molecule has 2 rings (SSSR count). The van der Waals surface area contributed by atoms with Crippen LogP contribution in [0.1, 0.15) is 31.4 Å². The van der Waals surface area contributed by atoms with Crippen LogP contribution in [0.2, 0.25) is 5.02 Å². The highest BCUT2D eigenvalue weighted by atomic mass is 35.5. The van der Waals surface area contributed by atoms with E-state index in [1.807, 2.05) is 31.2 Å². The van der Waals surface area contributed by atoms with Crippen LogP contribution in [-0.4, -0.2) is 35.2 Å². The van der Waals surface area contributed by atoms with Gasteiger partial charge in [-0.15, -0.1) is 0 Å². The molecule has 3 unspecified atom stereocenters. The van der Waals surface area contributed by atoms with E-state index >= 15 is 0 Å². The molecule has 0 aliphatic carbocycles. The molecular weight excluding hydrogens is 248 g/mol. The van der Waals surface area contributed by atoms with Crippen LogP contribution in [-0.2, 0) is 0 Å². The van der Waals surface area contributed by atoms with E-state index in [0.717, 1.165) is 30.0 Å². The number of nitrogens with zero attached hydrogens (tertiary/aromatic N) is 1. The Balaban J connectivity index is 2.31. The molecule has 0 amide bonds. The minimum absolute atomic E-state index is 0.0166. The summed E-state index contributed by atoms with van der Waals surface area (Å²) < 4.78 is 0. The lowest BCUT2D eigenvalue weighted by atomic mass is 9.98. The first-order valence-corrected chi connectivity index (χ1v) is 6.89. The first-order chi connectivity index (χ1) is 8.65. The molecule has 1 aliphatic rings. The van der Waals surface area contributed by atoms with Crippen LogP contribution < -0.4 is 5.73 Å². The molecule has 1 saturated heterocycles. The van der Waals surface area contributed by atoms with Crippen LogP contribution in [0, 0.1) is 0 Å². The van der Waals surface area contributed by atoms with Crippen molar-refractivity contribution in [1.29, 1.82) is 0 Å². The maximum Gasteiger partial charge on any atom is 0.0587 e. The van der Waals surface area contributed by atoms with E-state index in [9.17, 15) is 5.11 Å². The summed E-state index contributed by atoms with van der Waals surface area (Å²) >= 11 is 6.29. The monoisotopic (exact) mass is 268 g/mol. The summed E-state index contributed by atoms with van der Waals surface area (Å²) in [6.45, 7) is 3.16. The van der Waals surface area contributed by atoms with E-state index in [1.165, 1.54) is 0 Å². The highest BCUT2D eigenvalue weighted by Gasteiger charge is 2.33. The topological polar surface area (TPSA) is 49.5 Å². The van der Waals surface area contributed by atoms with E-state index in [2.05, 4.69) is 4.90 Å². The van der Waals surface area contributed by atoms with E-state index in [0.29, 0.717) is 0 Å². The largest absolute Gasteiger partial charge is 0.395 e. The van der Waals surface area contributed by atoms with Crippen LogP contribution >= 0.6 is 11.6 Å². The SMILES string of the molecule is CC(N)C(c1ccccc1Cl)N1CCCC1CO. The van der Waals surface area contributed by atoms with Crippen LogP contribution in [0.5, 0.6) is 0 Å². The van der Waals surface area contributed by atoms with E-state index in [4.69, 9.17) is 17.3 Å². The van der Waals surface area contributed by atoms with Crippen molar-refractivity contribution < 1.29 is 5.11 Å². The summed E-state index contributed by atoms with van der Waals surface area (Å²) in [4.78, 5) is 2.30. The number of likely N-dealkylation sites (tertiary alicyclic amines) is 1. The number of rotatable bonds is 4.